The van der Waals surface area contributed by atoms with E-state index < -0.39 is 5.91 Å². The molecule has 1 aliphatic rings. The van der Waals surface area contributed by atoms with Crippen molar-refractivity contribution in [2.24, 2.45) is 7.05 Å². The SMILES string of the molecule is COc1cc(C(=O)NCC2Cc3c(nn(C)c3C(=O)NCc3ccccc3)CO2)on1. The molecule has 1 atom stereocenters. The molecule has 0 fully saturated rings. The topological polar surface area (TPSA) is 121 Å². The van der Waals surface area contributed by atoms with E-state index in [1.54, 1.807) is 11.7 Å². The number of methoxy groups -OCH3 is 1. The smallest absolute Gasteiger partial charge is 0.290 e. The summed E-state index contributed by atoms with van der Waals surface area (Å²) in [5, 5.41) is 13.7. The van der Waals surface area contributed by atoms with Crippen molar-refractivity contribution in [3.05, 3.63) is 64.7 Å². The van der Waals surface area contributed by atoms with Gasteiger partial charge in [0.1, 0.15) is 5.69 Å². The fourth-order valence-electron chi connectivity index (χ4n) is 3.47. The van der Waals surface area contributed by atoms with Crippen molar-refractivity contribution in [1.82, 2.24) is 25.6 Å². The van der Waals surface area contributed by atoms with Crippen LogP contribution >= 0.6 is 0 Å². The standard InChI is InChI=1S/C21H23N5O5/c1-26-19(21(28)22-10-13-6-4-3-5-7-13)15-8-14(30-12-16(15)24-26)11-23-20(27)17-9-18(29-2)25-31-17/h3-7,9,14H,8,10-12H2,1-2H3,(H,22,28)(H,23,27). The van der Waals surface area contributed by atoms with Crippen LogP contribution in [0, 0.1) is 0 Å². The van der Waals surface area contributed by atoms with Gasteiger partial charge in [-0.1, -0.05) is 30.3 Å². The van der Waals surface area contributed by atoms with Crippen LogP contribution < -0.4 is 15.4 Å². The number of nitrogens with zero attached hydrogens (tertiary/aromatic N) is 3. The number of hydrogen-bond acceptors (Lipinski definition) is 7. The summed E-state index contributed by atoms with van der Waals surface area (Å²) >= 11 is 0. The highest BCUT2D eigenvalue weighted by molar-refractivity contribution is 5.94. The highest BCUT2D eigenvalue weighted by Crippen LogP contribution is 2.23. The number of benzene rings is 1. The van der Waals surface area contributed by atoms with Gasteiger partial charge in [0.2, 0.25) is 5.76 Å². The van der Waals surface area contributed by atoms with E-state index in [-0.39, 0.29) is 36.8 Å². The summed E-state index contributed by atoms with van der Waals surface area (Å²) in [5.41, 5.74) is 3.08. The molecule has 2 N–H and O–H groups in total. The maximum atomic E-state index is 12.8. The zero-order chi connectivity index (χ0) is 21.8. The average molecular weight is 425 g/mol. The Balaban J connectivity index is 1.39. The predicted octanol–water partition coefficient (Wildman–Crippen LogP) is 1.22. The van der Waals surface area contributed by atoms with Crippen molar-refractivity contribution in [2.45, 2.75) is 25.7 Å². The largest absolute Gasteiger partial charge is 0.479 e. The molecule has 0 aliphatic carbocycles. The summed E-state index contributed by atoms with van der Waals surface area (Å²) in [4.78, 5) is 25.1. The zero-order valence-corrected chi connectivity index (χ0v) is 17.3. The van der Waals surface area contributed by atoms with E-state index in [2.05, 4.69) is 20.9 Å². The number of aromatic nitrogens is 3. The maximum Gasteiger partial charge on any atom is 0.290 e. The van der Waals surface area contributed by atoms with Gasteiger partial charge in [0.15, 0.2) is 0 Å². The summed E-state index contributed by atoms with van der Waals surface area (Å²) in [6.45, 7) is 0.948. The van der Waals surface area contributed by atoms with Crippen LogP contribution in [0.15, 0.2) is 40.9 Å². The molecule has 2 amide bonds. The Bertz CT molecular complexity index is 1080. The van der Waals surface area contributed by atoms with Crippen molar-refractivity contribution < 1.29 is 23.6 Å². The second-order valence-electron chi connectivity index (χ2n) is 7.15. The molecule has 1 aromatic carbocycles. The third kappa shape index (κ3) is 4.58. The monoisotopic (exact) mass is 425 g/mol. The van der Waals surface area contributed by atoms with Crippen LogP contribution in [0.2, 0.25) is 0 Å². The highest BCUT2D eigenvalue weighted by atomic mass is 16.5. The normalized spacial score (nSPS) is 15.2. The molecule has 4 rings (SSSR count). The van der Waals surface area contributed by atoms with Gasteiger partial charge < -0.3 is 24.6 Å². The van der Waals surface area contributed by atoms with Crippen LogP contribution in [0.4, 0.5) is 0 Å². The summed E-state index contributed by atoms with van der Waals surface area (Å²) in [6.07, 6.45) is 0.156. The molecular formula is C21H23N5O5. The first-order valence-electron chi connectivity index (χ1n) is 9.82. The third-order valence-corrected chi connectivity index (χ3v) is 5.04. The van der Waals surface area contributed by atoms with Gasteiger partial charge in [-0.05, 0) is 10.7 Å². The molecule has 1 aliphatic heterocycles. The fourth-order valence-corrected chi connectivity index (χ4v) is 3.47. The van der Waals surface area contributed by atoms with E-state index in [0.29, 0.717) is 18.7 Å². The predicted molar refractivity (Wildman–Crippen MR) is 108 cm³/mol. The Kier molecular flexibility index (Phi) is 5.99. The number of carbonyl (C=O) groups excluding carboxylic acids is 2. The summed E-state index contributed by atoms with van der Waals surface area (Å²) in [7, 11) is 3.18. The molecule has 3 aromatic rings. The van der Waals surface area contributed by atoms with Crippen LogP contribution in [0.3, 0.4) is 0 Å². The number of nitrogens with one attached hydrogen (secondary N) is 2. The lowest BCUT2D eigenvalue weighted by molar-refractivity contribution is 0.0262. The molecule has 31 heavy (non-hydrogen) atoms. The molecular weight excluding hydrogens is 402 g/mol. The molecule has 0 radical (unpaired) electrons. The van der Waals surface area contributed by atoms with E-state index in [1.807, 2.05) is 30.3 Å². The van der Waals surface area contributed by atoms with Gasteiger partial charge in [-0.3, -0.25) is 14.3 Å². The maximum absolute atomic E-state index is 12.8. The average Bonchev–Trinajstić information content (AvgIpc) is 3.40. The molecule has 10 nitrogen and oxygen atoms in total. The van der Waals surface area contributed by atoms with Crippen molar-refractivity contribution in [2.75, 3.05) is 13.7 Å². The first kappa shape index (κ1) is 20.6. The minimum absolute atomic E-state index is 0.0516. The Hall–Kier alpha value is -3.66. The first-order chi connectivity index (χ1) is 15.0. The minimum atomic E-state index is -0.419. The van der Waals surface area contributed by atoms with Crippen LogP contribution in [-0.2, 0) is 31.4 Å². The summed E-state index contributed by atoms with van der Waals surface area (Å²) < 4.78 is 17.2. The van der Waals surface area contributed by atoms with Crippen LogP contribution in [0.25, 0.3) is 0 Å². The summed E-state index contributed by atoms with van der Waals surface area (Å²) in [5.74, 6) is -0.336. The number of hydrogen-bond donors (Lipinski definition) is 2. The van der Waals surface area contributed by atoms with Crippen molar-refractivity contribution in [3.8, 4) is 5.88 Å². The number of rotatable bonds is 7. The van der Waals surface area contributed by atoms with Gasteiger partial charge in [0.05, 0.1) is 31.6 Å². The lowest BCUT2D eigenvalue weighted by Crippen LogP contribution is -2.37. The molecule has 3 heterocycles. The molecule has 1 unspecified atom stereocenters. The van der Waals surface area contributed by atoms with Gasteiger partial charge in [-0.25, -0.2) is 0 Å². The summed E-state index contributed by atoms with van der Waals surface area (Å²) in [6, 6.07) is 11.1. The molecule has 0 saturated carbocycles. The van der Waals surface area contributed by atoms with E-state index in [4.69, 9.17) is 14.0 Å². The molecule has 10 heteroatoms. The molecule has 0 spiro atoms. The Labute approximate surface area is 178 Å². The van der Waals surface area contributed by atoms with E-state index in [9.17, 15) is 9.59 Å². The van der Waals surface area contributed by atoms with Crippen molar-refractivity contribution >= 4 is 11.8 Å². The van der Waals surface area contributed by atoms with Crippen LogP contribution in [0.1, 0.15) is 37.9 Å². The Morgan fingerprint density at radius 2 is 2.03 bits per heavy atom. The molecule has 162 valence electrons. The quantitative estimate of drug-likeness (QED) is 0.584. The van der Waals surface area contributed by atoms with Crippen molar-refractivity contribution in [1.29, 1.82) is 0 Å². The van der Waals surface area contributed by atoms with Gasteiger partial charge in [-0.15, -0.1) is 0 Å². The van der Waals surface area contributed by atoms with Crippen LogP contribution in [-0.4, -0.2) is 46.5 Å². The van der Waals surface area contributed by atoms with E-state index in [0.717, 1.165) is 16.8 Å². The Morgan fingerprint density at radius 1 is 1.23 bits per heavy atom. The number of aryl methyl sites for hydroxylation is 1. The highest BCUT2D eigenvalue weighted by Gasteiger charge is 2.29. The second kappa shape index (κ2) is 9.00. The molecule has 0 bridgehead atoms. The Morgan fingerprint density at radius 3 is 2.77 bits per heavy atom. The molecule has 2 aromatic heterocycles. The number of ether oxygens (including phenoxy) is 2. The number of carbonyl (C=O) groups is 2. The van der Waals surface area contributed by atoms with E-state index >= 15 is 0 Å². The third-order valence-electron chi connectivity index (χ3n) is 5.04. The van der Waals surface area contributed by atoms with Crippen LogP contribution in [0.5, 0.6) is 5.88 Å². The van der Waals surface area contributed by atoms with Gasteiger partial charge >= 0.3 is 0 Å². The minimum Gasteiger partial charge on any atom is -0.479 e. The first-order valence-corrected chi connectivity index (χ1v) is 9.82. The zero-order valence-electron chi connectivity index (χ0n) is 17.3. The van der Waals surface area contributed by atoms with E-state index in [1.165, 1.54) is 13.2 Å². The second-order valence-corrected chi connectivity index (χ2v) is 7.15. The van der Waals surface area contributed by atoms with Gasteiger partial charge in [0.25, 0.3) is 17.7 Å². The number of amides is 2. The van der Waals surface area contributed by atoms with Gasteiger partial charge in [0, 0.05) is 32.1 Å². The molecule has 0 saturated heterocycles. The number of fused-ring (bicyclic) bond motifs is 1. The lowest BCUT2D eigenvalue weighted by atomic mass is 10.0. The fraction of sp³-hybridized carbons (Fsp3) is 0.333. The lowest BCUT2D eigenvalue weighted by Gasteiger charge is -2.23. The van der Waals surface area contributed by atoms with Gasteiger partial charge in [-0.2, -0.15) is 5.10 Å². The van der Waals surface area contributed by atoms with Crippen molar-refractivity contribution in [3.63, 3.8) is 0 Å².